The lowest BCUT2D eigenvalue weighted by molar-refractivity contribution is -0.384. The summed E-state index contributed by atoms with van der Waals surface area (Å²) < 4.78 is 9.58. The van der Waals surface area contributed by atoms with Gasteiger partial charge in [-0.25, -0.2) is 4.79 Å². The fourth-order valence-corrected chi connectivity index (χ4v) is 1.68. The minimum atomic E-state index is -0.894. The number of nitrogens with two attached hydrogens (primary N) is 2. The second kappa shape index (κ2) is 7.67. The molecule has 120 valence electrons. The number of nitrogens with one attached hydrogen (secondary N) is 1. The third-order valence-corrected chi connectivity index (χ3v) is 2.65. The number of primary amides is 2. The summed E-state index contributed by atoms with van der Waals surface area (Å²) in [6.45, 7) is 0.332. The van der Waals surface area contributed by atoms with E-state index in [9.17, 15) is 19.7 Å². The number of nitro benzene ring substituents is 1. The average molecular weight is 312 g/mol. The Kier molecular flexibility index (Phi) is 5.93. The molecule has 0 aromatic heterocycles. The van der Waals surface area contributed by atoms with Gasteiger partial charge in [-0.3, -0.25) is 14.9 Å². The number of anilines is 1. The van der Waals surface area contributed by atoms with Crippen molar-refractivity contribution < 1.29 is 24.0 Å². The van der Waals surface area contributed by atoms with E-state index in [0.29, 0.717) is 6.42 Å². The van der Waals surface area contributed by atoms with Crippen molar-refractivity contribution in [2.24, 2.45) is 11.5 Å². The summed E-state index contributed by atoms with van der Waals surface area (Å²) in [4.78, 5) is 32.0. The first kappa shape index (κ1) is 17.0. The Hall–Kier alpha value is -3.04. The Balaban J connectivity index is 2.93. The molecule has 0 bridgehead atoms. The van der Waals surface area contributed by atoms with Crippen molar-refractivity contribution in [2.75, 3.05) is 25.6 Å². The largest absolute Gasteiger partial charge is 0.494 e. The summed E-state index contributed by atoms with van der Waals surface area (Å²) >= 11 is 0. The van der Waals surface area contributed by atoms with Crippen molar-refractivity contribution >= 4 is 23.4 Å². The van der Waals surface area contributed by atoms with Gasteiger partial charge in [0.25, 0.3) is 5.69 Å². The fraction of sp³-hybridized carbons (Fsp3) is 0.333. The quantitative estimate of drug-likeness (QED) is 0.360. The van der Waals surface area contributed by atoms with E-state index in [4.69, 9.17) is 16.2 Å². The van der Waals surface area contributed by atoms with E-state index in [1.165, 1.54) is 13.2 Å². The van der Waals surface area contributed by atoms with E-state index >= 15 is 0 Å². The second-order valence-corrected chi connectivity index (χ2v) is 4.14. The molecular weight excluding hydrogens is 296 g/mol. The zero-order chi connectivity index (χ0) is 16.7. The van der Waals surface area contributed by atoms with Crippen LogP contribution in [0.1, 0.15) is 16.8 Å². The molecule has 0 unspecified atom stereocenters. The number of carbonyl (C=O) groups excluding carboxylic acids is 2. The van der Waals surface area contributed by atoms with E-state index in [1.54, 1.807) is 0 Å². The third-order valence-electron chi connectivity index (χ3n) is 2.65. The predicted molar refractivity (Wildman–Crippen MR) is 76.8 cm³/mol. The van der Waals surface area contributed by atoms with Crippen molar-refractivity contribution in [2.45, 2.75) is 6.42 Å². The Bertz CT molecular complexity index is 589. The van der Waals surface area contributed by atoms with Crippen LogP contribution >= 0.6 is 0 Å². The van der Waals surface area contributed by atoms with E-state index in [1.807, 2.05) is 0 Å². The minimum Gasteiger partial charge on any atom is -0.494 e. The molecule has 0 atom stereocenters. The van der Waals surface area contributed by atoms with Crippen molar-refractivity contribution in [3.05, 3.63) is 27.8 Å². The van der Waals surface area contributed by atoms with Gasteiger partial charge in [-0.05, 0) is 12.5 Å². The number of hydrogen-bond acceptors (Lipinski definition) is 7. The normalized spacial score (nSPS) is 9.86. The van der Waals surface area contributed by atoms with E-state index < -0.39 is 16.9 Å². The van der Waals surface area contributed by atoms with Gasteiger partial charge in [-0.2, -0.15) is 0 Å². The molecule has 0 aliphatic carbocycles. The van der Waals surface area contributed by atoms with E-state index in [-0.39, 0.29) is 35.8 Å². The van der Waals surface area contributed by atoms with Crippen molar-refractivity contribution in [1.82, 2.24) is 0 Å². The van der Waals surface area contributed by atoms with Crippen LogP contribution < -0.4 is 21.5 Å². The number of carbonyl (C=O) groups is 2. The fourth-order valence-electron chi connectivity index (χ4n) is 1.68. The van der Waals surface area contributed by atoms with Crippen molar-refractivity contribution in [3.8, 4) is 5.75 Å². The smallest absolute Gasteiger partial charge is 0.404 e. The Morgan fingerprint density at radius 1 is 1.36 bits per heavy atom. The number of rotatable bonds is 8. The average Bonchev–Trinajstić information content (AvgIpc) is 2.45. The van der Waals surface area contributed by atoms with Crippen LogP contribution in [-0.4, -0.2) is 37.2 Å². The van der Waals surface area contributed by atoms with Gasteiger partial charge in [0, 0.05) is 18.2 Å². The van der Waals surface area contributed by atoms with Crippen LogP contribution in [0.3, 0.4) is 0 Å². The van der Waals surface area contributed by atoms with Gasteiger partial charge in [0.1, 0.15) is 5.75 Å². The molecule has 1 rings (SSSR count). The molecule has 0 saturated carbocycles. The maximum absolute atomic E-state index is 11.2. The number of hydrogen-bond donors (Lipinski definition) is 3. The number of benzene rings is 1. The highest BCUT2D eigenvalue weighted by molar-refractivity contribution is 5.95. The molecule has 0 aliphatic heterocycles. The number of amides is 2. The van der Waals surface area contributed by atoms with Crippen LogP contribution in [0, 0.1) is 10.1 Å². The lowest BCUT2D eigenvalue weighted by atomic mass is 10.1. The van der Waals surface area contributed by atoms with Crippen LogP contribution in [0.15, 0.2) is 12.1 Å². The second-order valence-electron chi connectivity index (χ2n) is 4.14. The Morgan fingerprint density at radius 2 is 2.05 bits per heavy atom. The lowest BCUT2D eigenvalue weighted by Gasteiger charge is -2.12. The summed E-state index contributed by atoms with van der Waals surface area (Å²) in [5, 5.41) is 13.9. The zero-order valence-electron chi connectivity index (χ0n) is 11.8. The van der Waals surface area contributed by atoms with Crippen LogP contribution in [-0.2, 0) is 4.74 Å². The highest BCUT2D eigenvalue weighted by atomic mass is 16.6. The molecule has 10 heteroatoms. The van der Waals surface area contributed by atoms with E-state index in [0.717, 1.165) is 6.07 Å². The summed E-state index contributed by atoms with van der Waals surface area (Å²) in [6.07, 6.45) is -0.518. The van der Waals surface area contributed by atoms with Gasteiger partial charge in [0.2, 0.25) is 5.91 Å². The molecule has 0 heterocycles. The van der Waals surface area contributed by atoms with Crippen molar-refractivity contribution in [1.29, 1.82) is 0 Å². The van der Waals surface area contributed by atoms with Crippen LogP contribution in [0.2, 0.25) is 0 Å². The zero-order valence-corrected chi connectivity index (χ0v) is 11.8. The first-order valence-corrected chi connectivity index (χ1v) is 6.19. The van der Waals surface area contributed by atoms with Crippen LogP contribution in [0.5, 0.6) is 5.75 Å². The topological polar surface area (TPSA) is 160 Å². The molecule has 1 aromatic rings. The first-order chi connectivity index (χ1) is 10.4. The molecule has 0 fully saturated rings. The summed E-state index contributed by atoms with van der Waals surface area (Å²) in [6, 6.07) is 2.37. The number of ether oxygens (including phenoxy) is 2. The van der Waals surface area contributed by atoms with Crippen LogP contribution in [0.4, 0.5) is 16.2 Å². The monoisotopic (exact) mass is 312 g/mol. The Labute approximate surface area is 125 Å². The number of nitrogens with zero attached hydrogens (tertiary/aromatic N) is 1. The maximum Gasteiger partial charge on any atom is 0.404 e. The summed E-state index contributed by atoms with van der Waals surface area (Å²) in [5.74, 6) is -0.693. The lowest BCUT2D eigenvalue weighted by Crippen LogP contribution is -2.16. The van der Waals surface area contributed by atoms with Gasteiger partial charge in [-0.1, -0.05) is 0 Å². The van der Waals surface area contributed by atoms with Crippen LogP contribution in [0.25, 0.3) is 0 Å². The molecular formula is C12H16N4O6. The van der Waals surface area contributed by atoms with Gasteiger partial charge >= 0.3 is 6.09 Å². The Morgan fingerprint density at radius 3 is 2.55 bits per heavy atom. The number of nitro groups is 1. The van der Waals surface area contributed by atoms with Crippen molar-refractivity contribution in [3.63, 3.8) is 0 Å². The first-order valence-electron chi connectivity index (χ1n) is 6.19. The van der Waals surface area contributed by atoms with Gasteiger partial charge < -0.3 is 26.3 Å². The molecule has 10 nitrogen and oxygen atoms in total. The summed E-state index contributed by atoms with van der Waals surface area (Å²) in [5.41, 5.74) is 9.66. The molecule has 22 heavy (non-hydrogen) atoms. The van der Waals surface area contributed by atoms with E-state index in [2.05, 4.69) is 10.1 Å². The van der Waals surface area contributed by atoms with Gasteiger partial charge in [0.15, 0.2) is 5.69 Å². The molecule has 0 aliphatic rings. The molecule has 0 radical (unpaired) electrons. The molecule has 0 spiro atoms. The standard InChI is InChI=1S/C12H16N4O6/c1-21-9-6-7(11(13)17)5-8(16(19)20)10(9)15-3-2-4-22-12(14)18/h5-6,15H,2-4H2,1H3,(H2,13,17)(H2,14,18). The molecule has 1 aromatic carbocycles. The summed E-state index contributed by atoms with van der Waals surface area (Å²) in [7, 11) is 1.31. The SMILES string of the molecule is COc1cc(C(N)=O)cc([N+](=O)[O-])c1NCCCOC(N)=O. The highest BCUT2D eigenvalue weighted by Crippen LogP contribution is 2.35. The van der Waals surface area contributed by atoms with Gasteiger partial charge in [-0.15, -0.1) is 0 Å². The number of methoxy groups -OCH3 is 1. The maximum atomic E-state index is 11.2. The third kappa shape index (κ3) is 4.51. The van der Waals surface area contributed by atoms with Gasteiger partial charge in [0.05, 0.1) is 18.6 Å². The minimum absolute atomic E-state index is 0.0360. The highest BCUT2D eigenvalue weighted by Gasteiger charge is 2.22. The predicted octanol–water partition coefficient (Wildman–Crippen LogP) is 0.600. The molecule has 2 amide bonds. The molecule has 0 saturated heterocycles. The molecule has 5 N–H and O–H groups in total.